The molecule has 1 fully saturated rings. The highest BCUT2D eigenvalue weighted by atomic mass is 35.5. The number of aliphatic imine (C=N–C) groups is 1. The second-order valence-corrected chi connectivity index (χ2v) is 8.02. The summed E-state index contributed by atoms with van der Waals surface area (Å²) in [6.07, 6.45) is 3.55. The maximum atomic E-state index is 12.4. The Morgan fingerprint density at radius 2 is 2.16 bits per heavy atom. The molecule has 2 amide bonds. The van der Waals surface area contributed by atoms with Crippen LogP contribution in [0.25, 0.3) is 17.0 Å². The van der Waals surface area contributed by atoms with E-state index in [0.29, 0.717) is 26.5 Å². The van der Waals surface area contributed by atoms with Crippen molar-refractivity contribution in [2.45, 2.75) is 0 Å². The number of fused-ring (bicyclic) bond motifs is 1. The van der Waals surface area contributed by atoms with Gasteiger partial charge in [0.1, 0.15) is 6.61 Å². The number of halogens is 1. The normalized spacial score (nSPS) is 16.1. The van der Waals surface area contributed by atoms with Crippen LogP contribution in [-0.2, 0) is 14.3 Å². The van der Waals surface area contributed by atoms with E-state index in [9.17, 15) is 9.59 Å². The van der Waals surface area contributed by atoms with Crippen molar-refractivity contribution in [3.05, 3.63) is 70.2 Å². The molecule has 0 spiro atoms. The number of thioether (sulfide) groups is 1. The van der Waals surface area contributed by atoms with Crippen molar-refractivity contribution < 1.29 is 14.3 Å². The first-order valence-corrected chi connectivity index (χ1v) is 10.4. The highest BCUT2D eigenvalue weighted by molar-refractivity contribution is 8.18. The van der Waals surface area contributed by atoms with Gasteiger partial charge >= 0.3 is 0 Å². The van der Waals surface area contributed by atoms with Gasteiger partial charge < -0.3 is 15.4 Å². The minimum Gasteiger partial charge on any atom is -0.375 e. The van der Waals surface area contributed by atoms with Crippen LogP contribution in [0, 0.1) is 0 Å². The van der Waals surface area contributed by atoms with Gasteiger partial charge in [-0.1, -0.05) is 23.7 Å². The number of nitrogens with zero attached hydrogens (tertiary/aromatic N) is 2. The average molecular weight is 453 g/mol. The van der Waals surface area contributed by atoms with Gasteiger partial charge in [-0.3, -0.25) is 14.6 Å². The Morgan fingerprint density at radius 3 is 3.00 bits per heavy atom. The molecule has 31 heavy (non-hydrogen) atoms. The molecule has 2 heterocycles. The van der Waals surface area contributed by atoms with Crippen molar-refractivity contribution in [3.63, 3.8) is 0 Å². The van der Waals surface area contributed by atoms with E-state index >= 15 is 0 Å². The number of carbonyl (C=O) groups excluding carboxylic acids is 2. The monoisotopic (exact) mass is 452 g/mol. The van der Waals surface area contributed by atoms with Gasteiger partial charge in [0.2, 0.25) is 5.91 Å². The van der Waals surface area contributed by atoms with E-state index < -0.39 is 0 Å². The third kappa shape index (κ3) is 5.11. The molecule has 4 rings (SSSR count). The summed E-state index contributed by atoms with van der Waals surface area (Å²) in [6.45, 7) is -0.0582. The fourth-order valence-corrected chi connectivity index (χ4v) is 3.92. The number of carbonyl (C=O) groups is 2. The van der Waals surface area contributed by atoms with E-state index in [1.165, 1.54) is 18.9 Å². The van der Waals surface area contributed by atoms with Crippen LogP contribution in [0.4, 0.5) is 11.4 Å². The van der Waals surface area contributed by atoms with Crippen LogP contribution >= 0.6 is 23.4 Å². The lowest BCUT2D eigenvalue weighted by Gasteiger charge is -2.06. The van der Waals surface area contributed by atoms with Gasteiger partial charge in [-0.2, -0.15) is 0 Å². The summed E-state index contributed by atoms with van der Waals surface area (Å²) < 4.78 is 4.81. The van der Waals surface area contributed by atoms with Crippen LogP contribution in [0.3, 0.4) is 0 Å². The Bertz CT molecular complexity index is 1240. The Morgan fingerprint density at radius 1 is 1.29 bits per heavy atom. The smallest absolute Gasteiger partial charge is 0.264 e. The Kier molecular flexibility index (Phi) is 6.31. The number of methoxy groups -OCH3 is 1. The predicted octanol–water partition coefficient (Wildman–Crippen LogP) is 4.36. The zero-order valence-electron chi connectivity index (χ0n) is 16.4. The van der Waals surface area contributed by atoms with Crippen LogP contribution in [0.5, 0.6) is 0 Å². The molecule has 0 bridgehead atoms. The first-order chi connectivity index (χ1) is 15.0. The topological polar surface area (TPSA) is 92.7 Å². The quantitative estimate of drug-likeness (QED) is 0.561. The van der Waals surface area contributed by atoms with Crippen molar-refractivity contribution >= 4 is 68.7 Å². The van der Waals surface area contributed by atoms with E-state index in [4.69, 9.17) is 16.3 Å². The highest BCUT2D eigenvalue weighted by Gasteiger charge is 2.24. The van der Waals surface area contributed by atoms with Crippen LogP contribution in [-0.4, -0.2) is 35.7 Å². The zero-order valence-corrected chi connectivity index (χ0v) is 18.0. The second-order valence-electron chi connectivity index (χ2n) is 6.58. The fraction of sp³-hybridized carbons (Fsp3) is 0.0909. The molecule has 1 aromatic heterocycles. The van der Waals surface area contributed by atoms with E-state index in [0.717, 1.165) is 16.5 Å². The molecule has 9 heteroatoms. The van der Waals surface area contributed by atoms with Crippen molar-refractivity contribution in [2.75, 3.05) is 19.0 Å². The zero-order chi connectivity index (χ0) is 21.8. The van der Waals surface area contributed by atoms with Gasteiger partial charge in [0, 0.05) is 24.4 Å². The molecular weight excluding hydrogens is 436 g/mol. The number of aromatic nitrogens is 1. The minimum absolute atomic E-state index is 0.0582. The summed E-state index contributed by atoms with van der Waals surface area (Å²) in [6, 6.07) is 14.6. The molecule has 7 nitrogen and oxygen atoms in total. The molecule has 2 aromatic carbocycles. The molecule has 0 radical (unpaired) electrons. The van der Waals surface area contributed by atoms with Gasteiger partial charge in [-0.25, -0.2) is 4.99 Å². The van der Waals surface area contributed by atoms with Gasteiger partial charge in [0.05, 0.1) is 21.1 Å². The molecule has 1 saturated heterocycles. The van der Waals surface area contributed by atoms with E-state index in [1.807, 2.05) is 30.3 Å². The van der Waals surface area contributed by atoms with Gasteiger partial charge in [0.25, 0.3) is 5.91 Å². The summed E-state index contributed by atoms with van der Waals surface area (Å²) >= 11 is 7.46. The number of nitrogens with one attached hydrogen (secondary N) is 2. The summed E-state index contributed by atoms with van der Waals surface area (Å²) in [7, 11) is 1.44. The molecule has 0 atom stereocenters. The Balaban J connectivity index is 1.55. The van der Waals surface area contributed by atoms with E-state index in [1.54, 1.807) is 30.5 Å². The van der Waals surface area contributed by atoms with Crippen LogP contribution in [0.2, 0.25) is 5.02 Å². The second kappa shape index (κ2) is 9.30. The molecule has 3 aromatic rings. The SMILES string of the molecule is COCC(=O)Nc1ccc(Cl)c(N=C2NC(=O)/C(=C/c3ccc4ncccc4c3)S2)c1. The average Bonchev–Trinajstić information content (AvgIpc) is 3.09. The maximum Gasteiger partial charge on any atom is 0.264 e. The molecule has 0 unspecified atom stereocenters. The number of anilines is 1. The lowest BCUT2D eigenvalue weighted by Crippen LogP contribution is -2.19. The van der Waals surface area contributed by atoms with Crippen molar-refractivity contribution in [2.24, 2.45) is 4.99 Å². The molecular formula is C22H17ClN4O3S. The first-order valence-electron chi connectivity index (χ1n) is 9.24. The Labute approximate surface area is 187 Å². The number of amidine groups is 1. The van der Waals surface area contributed by atoms with Gasteiger partial charge in [-0.05, 0) is 59.8 Å². The summed E-state index contributed by atoms with van der Waals surface area (Å²) in [5, 5.41) is 7.24. The third-order valence-electron chi connectivity index (χ3n) is 4.30. The number of hydrogen-bond acceptors (Lipinski definition) is 6. The van der Waals surface area contributed by atoms with Crippen molar-refractivity contribution in [1.82, 2.24) is 10.3 Å². The Hall–Kier alpha value is -3.20. The number of pyridine rings is 1. The highest BCUT2D eigenvalue weighted by Crippen LogP contribution is 2.33. The van der Waals surface area contributed by atoms with Crippen LogP contribution in [0.1, 0.15) is 5.56 Å². The van der Waals surface area contributed by atoms with Crippen molar-refractivity contribution in [1.29, 1.82) is 0 Å². The van der Waals surface area contributed by atoms with Crippen LogP contribution < -0.4 is 10.6 Å². The third-order valence-corrected chi connectivity index (χ3v) is 5.53. The molecule has 1 aliphatic heterocycles. The number of hydrogen-bond donors (Lipinski definition) is 2. The number of ether oxygens (including phenoxy) is 1. The number of rotatable bonds is 5. The number of amides is 2. The predicted molar refractivity (Wildman–Crippen MR) is 125 cm³/mol. The largest absolute Gasteiger partial charge is 0.375 e. The standard InChI is InChI=1S/C22H17ClN4O3S/c1-30-12-20(28)25-15-5-6-16(23)18(11-15)26-22-27-21(29)19(31-22)10-13-4-7-17-14(9-13)3-2-8-24-17/h2-11H,12H2,1H3,(H,25,28)(H,26,27,29)/b19-10-. The van der Waals surface area contributed by atoms with Gasteiger partial charge in [-0.15, -0.1) is 0 Å². The molecule has 2 N–H and O–H groups in total. The maximum absolute atomic E-state index is 12.4. The summed E-state index contributed by atoms with van der Waals surface area (Å²) in [5.74, 6) is -0.529. The van der Waals surface area contributed by atoms with E-state index in [-0.39, 0.29) is 18.4 Å². The first kappa shape index (κ1) is 21.0. The lowest BCUT2D eigenvalue weighted by molar-refractivity contribution is -0.119. The summed E-state index contributed by atoms with van der Waals surface area (Å²) in [5.41, 5.74) is 2.74. The van der Waals surface area contributed by atoms with Gasteiger partial charge in [0.15, 0.2) is 5.17 Å². The van der Waals surface area contributed by atoms with Crippen LogP contribution in [0.15, 0.2) is 64.6 Å². The lowest BCUT2D eigenvalue weighted by atomic mass is 10.1. The number of benzene rings is 2. The fourth-order valence-electron chi connectivity index (χ4n) is 2.93. The summed E-state index contributed by atoms with van der Waals surface area (Å²) in [4.78, 5) is 33.4. The van der Waals surface area contributed by atoms with E-state index in [2.05, 4.69) is 20.6 Å². The minimum atomic E-state index is -0.289. The molecule has 0 aliphatic carbocycles. The molecule has 156 valence electrons. The van der Waals surface area contributed by atoms with Crippen molar-refractivity contribution in [3.8, 4) is 0 Å². The molecule has 1 aliphatic rings. The molecule has 0 saturated carbocycles.